The van der Waals surface area contributed by atoms with Gasteiger partial charge in [-0.25, -0.2) is 0 Å². The Bertz CT molecular complexity index is 585. The van der Waals surface area contributed by atoms with Crippen molar-refractivity contribution in [3.8, 4) is 0 Å². The Morgan fingerprint density at radius 1 is 0.550 bits per heavy atom. The van der Waals surface area contributed by atoms with Crippen molar-refractivity contribution in [3.05, 3.63) is 59.8 Å². The fourth-order valence-electron chi connectivity index (χ4n) is 6.35. The first-order chi connectivity index (χ1) is 9.90. The molecule has 0 unspecified atom stereocenters. The van der Waals surface area contributed by atoms with Crippen LogP contribution in [0.3, 0.4) is 0 Å². The van der Waals surface area contributed by atoms with Crippen LogP contribution in [0.4, 0.5) is 0 Å². The summed E-state index contributed by atoms with van der Waals surface area (Å²) in [5.41, 5.74) is 3.70. The molecule has 0 radical (unpaired) electrons. The molecule has 0 spiro atoms. The molecule has 20 heavy (non-hydrogen) atoms. The lowest BCUT2D eigenvalue weighted by atomic mass is 9.85. The zero-order valence-electron chi connectivity index (χ0n) is 11.7. The highest BCUT2D eigenvalue weighted by Crippen LogP contribution is 2.61. The lowest BCUT2D eigenvalue weighted by Crippen LogP contribution is -2.12. The van der Waals surface area contributed by atoms with Crippen LogP contribution < -0.4 is 0 Å². The van der Waals surface area contributed by atoms with Gasteiger partial charge in [-0.2, -0.15) is 0 Å². The third kappa shape index (κ3) is 1.05. The van der Waals surface area contributed by atoms with Crippen molar-refractivity contribution in [3.63, 3.8) is 0 Å². The highest BCUT2D eigenvalue weighted by Gasteiger charge is 2.51. The molecule has 0 saturated heterocycles. The molecule has 0 nitrogen and oxygen atoms in total. The van der Waals surface area contributed by atoms with Crippen LogP contribution in [0.25, 0.3) is 0 Å². The van der Waals surface area contributed by atoms with E-state index in [0.29, 0.717) is 0 Å². The molecule has 0 heteroatoms. The van der Waals surface area contributed by atoms with Crippen molar-refractivity contribution in [1.82, 2.24) is 0 Å². The van der Waals surface area contributed by atoms with Crippen molar-refractivity contribution in [1.29, 1.82) is 0 Å². The van der Waals surface area contributed by atoms with Gasteiger partial charge >= 0.3 is 0 Å². The van der Waals surface area contributed by atoms with E-state index in [2.05, 4.69) is 48.6 Å². The van der Waals surface area contributed by atoms with E-state index in [1.807, 2.05) is 11.1 Å². The SMILES string of the molecule is C1=C[C@@H]2C/C(=C3\C[C@@H]4C=C[C@@H]5C=C[C@@H]3[C@@H]54)[C@H]3C=C[C@H]1[C@H]23. The molecule has 0 bridgehead atoms. The zero-order chi connectivity index (χ0) is 12.8. The molecule has 2 fully saturated rings. The maximum absolute atomic E-state index is 2.54. The zero-order valence-corrected chi connectivity index (χ0v) is 11.7. The highest BCUT2D eigenvalue weighted by molar-refractivity contribution is 5.44. The fraction of sp³-hybridized carbons (Fsp3) is 0.500. The van der Waals surface area contributed by atoms with E-state index < -0.39 is 0 Å². The Kier molecular flexibility index (Phi) is 1.72. The first-order valence-electron chi connectivity index (χ1n) is 8.35. The van der Waals surface area contributed by atoms with Crippen molar-refractivity contribution in [2.24, 2.45) is 47.3 Å². The summed E-state index contributed by atoms with van der Waals surface area (Å²) in [7, 11) is 0. The van der Waals surface area contributed by atoms with Crippen molar-refractivity contribution < 1.29 is 0 Å². The van der Waals surface area contributed by atoms with E-state index in [4.69, 9.17) is 0 Å². The molecule has 0 aliphatic heterocycles. The van der Waals surface area contributed by atoms with Crippen LogP contribution in [0.5, 0.6) is 0 Å². The second kappa shape index (κ2) is 3.30. The van der Waals surface area contributed by atoms with E-state index in [-0.39, 0.29) is 0 Å². The van der Waals surface area contributed by atoms with E-state index in [9.17, 15) is 0 Å². The fourth-order valence-corrected chi connectivity index (χ4v) is 6.35. The maximum atomic E-state index is 2.54. The summed E-state index contributed by atoms with van der Waals surface area (Å²) in [6.45, 7) is 0. The first-order valence-corrected chi connectivity index (χ1v) is 8.35. The van der Waals surface area contributed by atoms with Crippen molar-refractivity contribution in [2.75, 3.05) is 0 Å². The van der Waals surface area contributed by atoms with Crippen LogP contribution in [0.15, 0.2) is 59.8 Å². The topological polar surface area (TPSA) is 0 Å². The molecule has 6 rings (SSSR count). The van der Waals surface area contributed by atoms with E-state index in [0.717, 1.165) is 47.3 Å². The summed E-state index contributed by atoms with van der Waals surface area (Å²) in [6, 6.07) is 0. The molecule has 6 aliphatic carbocycles. The van der Waals surface area contributed by atoms with Gasteiger partial charge in [-0.3, -0.25) is 0 Å². The number of hydrogen-bond donors (Lipinski definition) is 0. The largest absolute Gasteiger partial charge is 0.0842 e. The molecule has 0 heterocycles. The van der Waals surface area contributed by atoms with Gasteiger partial charge < -0.3 is 0 Å². The average molecular weight is 260 g/mol. The lowest BCUT2D eigenvalue weighted by Gasteiger charge is -2.19. The highest BCUT2D eigenvalue weighted by atomic mass is 14.6. The normalized spacial score (nSPS) is 59.2. The van der Waals surface area contributed by atoms with Gasteiger partial charge in [0.25, 0.3) is 0 Å². The minimum absolute atomic E-state index is 0.760. The second-order valence-corrected chi connectivity index (χ2v) is 7.69. The molecular weight excluding hydrogens is 240 g/mol. The van der Waals surface area contributed by atoms with Gasteiger partial charge in [0.1, 0.15) is 0 Å². The van der Waals surface area contributed by atoms with Gasteiger partial charge in [-0.1, -0.05) is 59.8 Å². The molecule has 0 amide bonds. The van der Waals surface area contributed by atoms with Gasteiger partial charge in [-0.15, -0.1) is 0 Å². The summed E-state index contributed by atoms with van der Waals surface area (Å²) in [5, 5.41) is 0. The molecule has 0 aromatic heterocycles. The van der Waals surface area contributed by atoms with Crippen molar-refractivity contribution >= 4 is 0 Å². The van der Waals surface area contributed by atoms with E-state index >= 15 is 0 Å². The van der Waals surface area contributed by atoms with Crippen molar-refractivity contribution in [2.45, 2.75) is 12.8 Å². The van der Waals surface area contributed by atoms with Gasteiger partial charge in [-0.05, 0) is 48.3 Å². The van der Waals surface area contributed by atoms with Crippen LogP contribution in [-0.2, 0) is 0 Å². The van der Waals surface area contributed by atoms with Gasteiger partial charge in [0.15, 0.2) is 0 Å². The predicted molar refractivity (Wildman–Crippen MR) is 80.7 cm³/mol. The number of hydrogen-bond acceptors (Lipinski definition) is 0. The molecule has 0 aromatic carbocycles. The standard InChI is InChI=1S/C20H20/c1-3-13-9-17(15-7-5-11(1)19(13)15)18-10-14-4-2-12-6-8-16(18)20(12)14/h1-8,11-16,19-20H,9-10H2/b18-17-/t11-,12+,13+,14-,15+,16-,19+,20-. The van der Waals surface area contributed by atoms with E-state index in [1.165, 1.54) is 12.8 Å². The third-order valence-corrected chi connectivity index (χ3v) is 7.08. The Balaban J connectivity index is 1.48. The first kappa shape index (κ1) is 10.4. The summed E-state index contributed by atoms with van der Waals surface area (Å²) in [5.74, 6) is 6.57. The molecule has 6 aliphatic rings. The Hall–Kier alpha value is -1.30. The van der Waals surface area contributed by atoms with Gasteiger partial charge in [0, 0.05) is 11.8 Å². The van der Waals surface area contributed by atoms with Crippen LogP contribution in [0.1, 0.15) is 12.8 Å². The molecule has 0 aromatic rings. The Labute approximate surface area is 120 Å². The molecule has 2 saturated carbocycles. The molecule has 100 valence electrons. The van der Waals surface area contributed by atoms with Gasteiger partial charge in [0.2, 0.25) is 0 Å². The van der Waals surface area contributed by atoms with Gasteiger partial charge in [0.05, 0.1) is 0 Å². The maximum Gasteiger partial charge on any atom is 0.00227 e. The Morgan fingerprint density at radius 3 is 1.50 bits per heavy atom. The Morgan fingerprint density at radius 2 is 1.00 bits per heavy atom. The van der Waals surface area contributed by atoms with Crippen LogP contribution in [0, 0.1) is 47.3 Å². The quantitative estimate of drug-likeness (QED) is 0.570. The summed E-state index contributed by atoms with van der Waals surface area (Å²) >= 11 is 0. The molecular formula is C20H20. The lowest BCUT2D eigenvalue weighted by molar-refractivity contribution is 0.402. The summed E-state index contributed by atoms with van der Waals surface area (Å²) < 4.78 is 0. The van der Waals surface area contributed by atoms with E-state index in [1.54, 1.807) is 0 Å². The molecule has 8 atom stereocenters. The third-order valence-electron chi connectivity index (χ3n) is 7.08. The number of allylic oxidation sites excluding steroid dienone is 10. The second-order valence-electron chi connectivity index (χ2n) is 7.69. The number of rotatable bonds is 0. The summed E-state index contributed by atoms with van der Waals surface area (Å²) in [6.07, 6.45) is 22.7. The smallest absolute Gasteiger partial charge is 0.00227 e. The summed E-state index contributed by atoms with van der Waals surface area (Å²) in [4.78, 5) is 0. The van der Waals surface area contributed by atoms with Crippen LogP contribution in [-0.4, -0.2) is 0 Å². The van der Waals surface area contributed by atoms with Crippen LogP contribution >= 0.6 is 0 Å². The van der Waals surface area contributed by atoms with Crippen LogP contribution in [0.2, 0.25) is 0 Å². The minimum atomic E-state index is 0.760. The minimum Gasteiger partial charge on any atom is -0.0842 e. The monoisotopic (exact) mass is 260 g/mol. The molecule has 0 N–H and O–H groups in total. The average Bonchev–Trinajstić information content (AvgIpc) is 3.18. The predicted octanol–water partition coefficient (Wildman–Crippen LogP) is 4.30.